The molecule has 12 heavy (non-hydrogen) atoms. The van der Waals surface area contributed by atoms with Crippen molar-refractivity contribution in [3.63, 3.8) is 0 Å². The third kappa shape index (κ3) is 1.76. The van der Waals surface area contributed by atoms with Gasteiger partial charge in [0.2, 0.25) is 0 Å². The lowest BCUT2D eigenvalue weighted by molar-refractivity contribution is 0.0690. The van der Waals surface area contributed by atoms with Gasteiger partial charge in [0, 0.05) is 0 Å². The van der Waals surface area contributed by atoms with Crippen LogP contribution in [0.2, 0.25) is 5.02 Å². The first-order valence-electron chi connectivity index (χ1n) is 3.08. The molecule has 0 aliphatic carbocycles. The monoisotopic (exact) mass is 249 g/mol. The quantitative estimate of drug-likeness (QED) is 0.833. The number of halogens is 2. The van der Waals surface area contributed by atoms with E-state index < -0.39 is 5.97 Å². The van der Waals surface area contributed by atoms with Gasteiger partial charge in [-0.2, -0.15) is 0 Å². The van der Waals surface area contributed by atoms with Gasteiger partial charge in [0.05, 0.1) is 15.2 Å². The molecule has 0 aromatic carbocycles. The van der Waals surface area contributed by atoms with E-state index in [1.165, 1.54) is 6.07 Å². The van der Waals surface area contributed by atoms with Gasteiger partial charge in [-0.25, -0.2) is 9.78 Å². The van der Waals surface area contributed by atoms with Crippen molar-refractivity contribution >= 4 is 33.5 Å². The van der Waals surface area contributed by atoms with Gasteiger partial charge in [0.25, 0.3) is 0 Å². The van der Waals surface area contributed by atoms with Crippen LogP contribution in [0.15, 0.2) is 10.5 Å². The summed E-state index contributed by atoms with van der Waals surface area (Å²) < 4.78 is 0.633. The Morgan fingerprint density at radius 3 is 2.75 bits per heavy atom. The first kappa shape index (κ1) is 9.48. The summed E-state index contributed by atoms with van der Waals surface area (Å²) in [6, 6.07) is 1.31. The molecule has 0 aliphatic heterocycles. The van der Waals surface area contributed by atoms with Gasteiger partial charge in [-0.15, -0.1) is 0 Å². The molecule has 1 aromatic rings. The molecule has 1 aromatic heterocycles. The van der Waals surface area contributed by atoms with Gasteiger partial charge in [-0.3, -0.25) is 0 Å². The van der Waals surface area contributed by atoms with Crippen molar-refractivity contribution < 1.29 is 9.90 Å². The number of aromatic nitrogens is 1. The number of hydrogen-bond acceptors (Lipinski definition) is 2. The SMILES string of the molecule is Cc1nc(C(=O)O)cc(Cl)c1Br. The zero-order chi connectivity index (χ0) is 9.30. The maximum absolute atomic E-state index is 10.5. The van der Waals surface area contributed by atoms with Gasteiger partial charge in [-0.1, -0.05) is 11.6 Å². The summed E-state index contributed by atoms with van der Waals surface area (Å²) in [5.41, 5.74) is 0.528. The van der Waals surface area contributed by atoms with Crippen LogP contribution < -0.4 is 0 Å². The van der Waals surface area contributed by atoms with Crippen LogP contribution in [0.25, 0.3) is 0 Å². The Labute approximate surface area is 82.5 Å². The number of nitrogens with zero attached hydrogens (tertiary/aromatic N) is 1. The Morgan fingerprint density at radius 2 is 2.33 bits per heavy atom. The molecule has 0 spiro atoms. The lowest BCUT2D eigenvalue weighted by Crippen LogP contribution is -2.01. The van der Waals surface area contributed by atoms with Gasteiger partial charge >= 0.3 is 5.97 Å². The Hall–Kier alpha value is -0.610. The van der Waals surface area contributed by atoms with Crippen molar-refractivity contribution in [1.29, 1.82) is 0 Å². The molecule has 1 N–H and O–H groups in total. The molecule has 1 rings (SSSR count). The molecule has 0 atom stereocenters. The largest absolute Gasteiger partial charge is 0.477 e. The first-order valence-corrected chi connectivity index (χ1v) is 4.25. The van der Waals surface area contributed by atoms with Gasteiger partial charge in [-0.05, 0) is 28.9 Å². The van der Waals surface area contributed by atoms with Gasteiger partial charge in [0.15, 0.2) is 0 Å². The van der Waals surface area contributed by atoms with Crippen LogP contribution >= 0.6 is 27.5 Å². The van der Waals surface area contributed by atoms with Crippen molar-refractivity contribution in [2.45, 2.75) is 6.92 Å². The van der Waals surface area contributed by atoms with E-state index in [4.69, 9.17) is 16.7 Å². The average Bonchev–Trinajstić information content (AvgIpc) is 1.99. The summed E-state index contributed by atoms with van der Waals surface area (Å²) in [4.78, 5) is 14.3. The maximum Gasteiger partial charge on any atom is 0.354 e. The van der Waals surface area contributed by atoms with Crippen LogP contribution in [0, 0.1) is 6.92 Å². The van der Waals surface area contributed by atoms with Crippen molar-refractivity contribution in [2.75, 3.05) is 0 Å². The molecule has 0 saturated heterocycles. The van der Waals surface area contributed by atoms with E-state index in [2.05, 4.69) is 20.9 Å². The summed E-state index contributed by atoms with van der Waals surface area (Å²) in [5, 5.41) is 8.95. The smallest absolute Gasteiger partial charge is 0.354 e. The number of rotatable bonds is 1. The van der Waals surface area contributed by atoms with Gasteiger partial charge < -0.3 is 5.11 Å². The number of carboxylic acids is 1. The van der Waals surface area contributed by atoms with Crippen LogP contribution in [-0.4, -0.2) is 16.1 Å². The van der Waals surface area contributed by atoms with Crippen molar-refractivity contribution in [1.82, 2.24) is 4.98 Å². The van der Waals surface area contributed by atoms with Crippen LogP contribution in [0.5, 0.6) is 0 Å². The van der Waals surface area contributed by atoms with Crippen LogP contribution in [0.1, 0.15) is 16.2 Å². The summed E-state index contributed by atoms with van der Waals surface area (Å²) in [5.74, 6) is -1.08. The van der Waals surface area contributed by atoms with Crippen LogP contribution in [0.4, 0.5) is 0 Å². The minimum absolute atomic E-state index is 0.0410. The normalized spacial score (nSPS) is 9.92. The third-order valence-corrected chi connectivity index (χ3v) is 2.83. The molecule has 0 radical (unpaired) electrons. The molecule has 0 unspecified atom stereocenters. The fraction of sp³-hybridized carbons (Fsp3) is 0.143. The summed E-state index contributed by atoms with van der Waals surface area (Å²) in [7, 11) is 0. The molecule has 5 heteroatoms. The minimum Gasteiger partial charge on any atom is -0.477 e. The zero-order valence-electron chi connectivity index (χ0n) is 6.14. The Morgan fingerprint density at radius 1 is 1.75 bits per heavy atom. The second-order valence-corrected chi connectivity index (χ2v) is 3.39. The highest BCUT2D eigenvalue weighted by Crippen LogP contribution is 2.25. The van der Waals surface area contributed by atoms with Crippen molar-refractivity contribution in [3.8, 4) is 0 Å². The fourth-order valence-electron chi connectivity index (χ4n) is 0.728. The van der Waals surface area contributed by atoms with E-state index in [-0.39, 0.29) is 5.69 Å². The lowest BCUT2D eigenvalue weighted by atomic mass is 10.3. The highest BCUT2D eigenvalue weighted by Gasteiger charge is 2.09. The Balaban J connectivity index is 3.31. The van der Waals surface area contributed by atoms with E-state index in [0.717, 1.165) is 0 Å². The predicted octanol–water partition coefficient (Wildman–Crippen LogP) is 2.50. The standard InChI is InChI=1S/C7H5BrClNO2/c1-3-6(8)4(9)2-5(10-3)7(11)12/h2H,1H3,(H,11,12). The molecule has 3 nitrogen and oxygen atoms in total. The van der Waals surface area contributed by atoms with E-state index in [1.54, 1.807) is 6.92 Å². The number of pyridine rings is 1. The van der Waals surface area contributed by atoms with E-state index in [1.807, 2.05) is 0 Å². The zero-order valence-corrected chi connectivity index (χ0v) is 8.48. The number of carbonyl (C=O) groups is 1. The molecule has 0 bridgehead atoms. The number of aryl methyl sites for hydroxylation is 1. The molecule has 0 aliphatic rings. The van der Waals surface area contributed by atoms with Crippen LogP contribution in [0.3, 0.4) is 0 Å². The van der Waals surface area contributed by atoms with Crippen molar-refractivity contribution in [2.24, 2.45) is 0 Å². The van der Waals surface area contributed by atoms with E-state index in [0.29, 0.717) is 15.2 Å². The average molecular weight is 250 g/mol. The molecule has 1 heterocycles. The Bertz CT molecular complexity index is 317. The number of carboxylic acid groups (broad SMARTS) is 1. The minimum atomic E-state index is -1.08. The Kier molecular flexibility index (Phi) is 2.69. The topological polar surface area (TPSA) is 50.2 Å². The van der Waals surface area contributed by atoms with E-state index in [9.17, 15) is 4.79 Å². The lowest BCUT2D eigenvalue weighted by Gasteiger charge is -2.01. The highest BCUT2D eigenvalue weighted by molar-refractivity contribution is 9.10. The van der Waals surface area contributed by atoms with Gasteiger partial charge in [0.1, 0.15) is 5.69 Å². The first-order chi connectivity index (χ1) is 5.52. The molecule has 64 valence electrons. The molecular formula is C7H5BrClNO2. The maximum atomic E-state index is 10.5. The predicted molar refractivity (Wildman–Crippen MR) is 48.6 cm³/mol. The van der Waals surface area contributed by atoms with E-state index >= 15 is 0 Å². The molecular weight excluding hydrogens is 245 g/mol. The molecule has 0 saturated carbocycles. The third-order valence-electron chi connectivity index (χ3n) is 1.30. The highest BCUT2D eigenvalue weighted by atomic mass is 79.9. The number of hydrogen-bond donors (Lipinski definition) is 1. The second-order valence-electron chi connectivity index (χ2n) is 2.19. The summed E-state index contributed by atoms with van der Waals surface area (Å²) >= 11 is 8.89. The molecule has 0 fully saturated rings. The fourth-order valence-corrected chi connectivity index (χ4v) is 1.17. The summed E-state index contributed by atoms with van der Waals surface area (Å²) in [6.45, 7) is 1.68. The van der Waals surface area contributed by atoms with Crippen LogP contribution in [-0.2, 0) is 0 Å². The second kappa shape index (κ2) is 3.41. The van der Waals surface area contributed by atoms with Crippen molar-refractivity contribution in [3.05, 3.63) is 26.9 Å². The number of aromatic carboxylic acids is 1. The molecule has 0 amide bonds. The summed E-state index contributed by atoms with van der Waals surface area (Å²) in [6.07, 6.45) is 0.